The Balaban J connectivity index is 2.10. The van der Waals surface area contributed by atoms with Gasteiger partial charge in [0.2, 0.25) is 0 Å². The van der Waals surface area contributed by atoms with Crippen molar-refractivity contribution < 1.29 is 29.6 Å². The summed E-state index contributed by atoms with van der Waals surface area (Å²) in [5, 5.41) is 29.0. The fourth-order valence-electron chi connectivity index (χ4n) is 2.24. The van der Waals surface area contributed by atoms with E-state index in [0.29, 0.717) is 5.56 Å². The molecule has 0 aromatic heterocycles. The third-order valence-corrected chi connectivity index (χ3v) is 3.43. The van der Waals surface area contributed by atoms with Crippen molar-refractivity contribution in [2.75, 3.05) is 0 Å². The molecule has 1 aliphatic heterocycles. The SMILES string of the molecule is O=C1OC(=Cc2ccc(O)cc2)C(O)=C(c2ccc(O)cc2)C1=O. The number of rotatable bonds is 2. The van der Waals surface area contributed by atoms with Crippen molar-refractivity contribution in [2.45, 2.75) is 0 Å². The van der Waals surface area contributed by atoms with Gasteiger partial charge in [-0.1, -0.05) is 24.3 Å². The van der Waals surface area contributed by atoms with Gasteiger partial charge in [0.1, 0.15) is 11.5 Å². The van der Waals surface area contributed by atoms with Crippen LogP contribution in [0.5, 0.6) is 11.5 Å². The molecule has 24 heavy (non-hydrogen) atoms. The number of hydrogen-bond acceptors (Lipinski definition) is 6. The zero-order chi connectivity index (χ0) is 17.3. The summed E-state index contributed by atoms with van der Waals surface area (Å²) in [4.78, 5) is 23.8. The first-order chi connectivity index (χ1) is 11.5. The number of esters is 1. The third kappa shape index (κ3) is 2.85. The van der Waals surface area contributed by atoms with Crippen molar-refractivity contribution >= 4 is 23.4 Å². The summed E-state index contributed by atoms with van der Waals surface area (Å²) in [5.74, 6) is -2.67. The molecule has 0 fully saturated rings. The van der Waals surface area contributed by atoms with E-state index in [4.69, 9.17) is 4.74 Å². The Morgan fingerprint density at radius 1 is 0.792 bits per heavy atom. The molecule has 0 saturated carbocycles. The number of carbonyl (C=O) groups is 2. The van der Waals surface area contributed by atoms with Crippen molar-refractivity contribution in [1.29, 1.82) is 0 Å². The second-order valence-corrected chi connectivity index (χ2v) is 5.09. The van der Waals surface area contributed by atoms with Gasteiger partial charge in [-0.2, -0.15) is 0 Å². The Labute approximate surface area is 136 Å². The van der Waals surface area contributed by atoms with E-state index >= 15 is 0 Å². The van der Waals surface area contributed by atoms with Gasteiger partial charge in [-0.25, -0.2) is 4.79 Å². The minimum atomic E-state index is -1.11. The molecule has 120 valence electrons. The van der Waals surface area contributed by atoms with E-state index in [9.17, 15) is 24.9 Å². The number of aliphatic hydroxyl groups excluding tert-OH is 1. The highest BCUT2D eigenvalue weighted by Gasteiger charge is 2.34. The van der Waals surface area contributed by atoms with Gasteiger partial charge in [0.25, 0.3) is 5.78 Å². The van der Waals surface area contributed by atoms with Gasteiger partial charge in [-0.15, -0.1) is 0 Å². The molecular weight excluding hydrogens is 312 g/mol. The van der Waals surface area contributed by atoms with Crippen LogP contribution in [-0.4, -0.2) is 27.1 Å². The molecule has 6 heteroatoms. The minimum absolute atomic E-state index is 0.00969. The van der Waals surface area contributed by atoms with Crippen LogP contribution in [0, 0.1) is 0 Å². The monoisotopic (exact) mass is 324 g/mol. The van der Waals surface area contributed by atoms with Crippen LogP contribution in [0.3, 0.4) is 0 Å². The number of ether oxygens (including phenoxy) is 1. The molecule has 0 radical (unpaired) electrons. The van der Waals surface area contributed by atoms with E-state index < -0.39 is 17.5 Å². The lowest BCUT2D eigenvalue weighted by molar-refractivity contribution is -0.149. The Morgan fingerprint density at radius 3 is 1.92 bits per heavy atom. The van der Waals surface area contributed by atoms with E-state index in [1.165, 1.54) is 42.5 Å². The third-order valence-electron chi connectivity index (χ3n) is 3.43. The van der Waals surface area contributed by atoms with Gasteiger partial charge in [0.15, 0.2) is 11.5 Å². The average molecular weight is 324 g/mol. The van der Waals surface area contributed by atoms with Gasteiger partial charge in [-0.3, -0.25) is 4.79 Å². The normalized spacial score (nSPS) is 16.4. The number of phenolic OH excluding ortho intramolecular Hbond substituents is 2. The molecule has 1 heterocycles. The molecule has 3 rings (SSSR count). The number of Topliss-reactive ketones (excluding diaryl/α,β-unsaturated/α-hetero) is 1. The number of hydrogen-bond donors (Lipinski definition) is 3. The number of aliphatic hydroxyl groups is 1. The van der Waals surface area contributed by atoms with Gasteiger partial charge >= 0.3 is 5.97 Å². The zero-order valence-electron chi connectivity index (χ0n) is 12.3. The van der Waals surface area contributed by atoms with Crippen LogP contribution in [0.1, 0.15) is 11.1 Å². The van der Waals surface area contributed by atoms with Crippen molar-refractivity contribution in [2.24, 2.45) is 0 Å². The smallest absolute Gasteiger partial charge is 0.385 e. The summed E-state index contributed by atoms with van der Waals surface area (Å²) in [6.07, 6.45) is 1.37. The molecule has 0 spiro atoms. The highest BCUT2D eigenvalue weighted by molar-refractivity contribution is 6.53. The van der Waals surface area contributed by atoms with Crippen LogP contribution >= 0.6 is 0 Å². The van der Waals surface area contributed by atoms with Gasteiger partial charge in [-0.05, 0) is 41.5 Å². The number of benzene rings is 2. The highest BCUT2D eigenvalue weighted by Crippen LogP contribution is 2.31. The Morgan fingerprint density at radius 2 is 1.33 bits per heavy atom. The summed E-state index contributed by atoms with van der Waals surface area (Å²) >= 11 is 0. The van der Waals surface area contributed by atoms with Gasteiger partial charge in [0, 0.05) is 0 Å². The summed E-state index contributed by atoms with van der Waals surface area (Å²) in [6.45, 7) is 0. The molecule has 0 aliphatic carbocycles. The molecule has 2 aromatic carbocycles. The molecule has 0 saturated heterocycles. The number of aromatic hydroxyl groups is 2. The van der Waals surface area contributed by atoms with Crippen LogP contribution in [0.2, 0.25) is 0 Å². The van der Waals surface area contributed by atoms with E-state index in [0.717, 1.165) is 0 Å². The van der Waals surface area contributed by atoms with Crippen molar-refractivity contribution in [1.82, 2.24) is 0 Å². The molecule has 2 aromatic rings. The van der Waals surface area contributed by atoms with Gasteiger partial charge < -0.3 is 20.1 Å². The van der Waals surface area contributed by atoms with Crippen molar-refractivity contribution in [3.63, 3.8) is 0 Å². The van der Waals surface area contributed by atoms with Crippen LogP contribution < -0.4 is 0 Å². The summed E-state index contributed by atoms with van der Waals surface area (Å²) < 4.78 is 4.87. The van der Waals surface area contributed by atoms with Crippen LogP contribution in [0.25, 0.3) is 11.6 Å². The Kier molecular flexibility index (Phi) is 3.79. The number of cyclic esters (lactones) is 1. The lowest BCUT2D eigenvalue weighted by atomic mass is 9.97. The second-order valence-electron chi connectivity index (χ2n) is 5.09. The van der Waals surface area contributed by atoms with E-state index in [2.05, 4.69) is 0 Å². The predicted molar refractivity (Wildman–Crippen MR) is 84.8 cm³/mol. The molecule has 0 atom stereocenters. The quantitative estimate of drug-likeness (QED) is 0.579. The Bertz CT molecular complexity index is 873. The van der Waals surface area contributed by atoms with E-state index in [1.807, 2.05) is 0 Å². The molecule has 6 nitrogen and oxygen atoms in total. The van der Waals surface area contributed by atoms with E-state index in [-0.39, 0.29) is 28.4 Å². The maximum Gasteiger partial charge on any atom is 0.385 e. The van der Waals surface area contributed by atoms with Crippen molar-refractivity contribution in [3.8, 4) is 11.5 Å². The lowest BCUT2D eigenvalue weighted by Crippen LogP contribution is -2.25. The fraction of sp³-hybridized carbons (Fsp3) is 0. The van der Waals surface area contributed by atoms with Crippen LogP contribution in [-0.2, 0) is 14.3 Å². The lowest BCUT2D eigenvalue weighted by Gasteiger charge is -2.17. The first-order valence-electron chi connectivity index (χ1n) is 6.96. The first-order valence-corrected chi connectivity index (χ1v) is 6.96. The molecule has 3 N–H and O–H groups in total. The van der Waals surface area contributed by atoms with E-state index in [1.54, 1.807) is 12.1 Å². The molecule has 0 unspecified atom stereocenters. The van der Waals surface area contributed by atoms with Crippen LogP contribution in [0.15, 0.2) is 60.0 Å². The predicted octanol–water partition coefficient (Wildman–Crippen LogP) is 2.53. The zero-order valence-corrected chi connectivity index (χ0v) is 12.3. The average Bonchev–Trinajstić information content (AvgIpc) is 2.56. The highest BCUT2D eigenvalue weighted by atomic mass is 16.6. The summed E-state index contributed by atoms with van der Waals surface area (Å²) in [5.41, 5.74) is 0.640. The van der Waals surface area contributed by atoms with Gasteiger partial charge in [0.05, 0.1) is 5.57 Å². The second kappa shape index (κ2) is 5.92. The molecule has 0 bridgehead atoms. The fourth-order valence-corrected chi connectivity index (χ4v) is 2.24. The first kappa shape index (κ1) is 15.4. The van der Waals surface area contributed by atoms with Crippen molar-refractivity contribution in [3.05, 3.63) is 71.2 Å². The molecule has 1 aliphatic rings. The topological polar surface area (TPSA) is 104 Å². The maximum absolute atomic E-state index is 12.0. The Hall–Kier alpha value is -3.54. The number of phenols is 2. The summed E-state index contributed by atoms with van der Waals surface area (Å²) in [7, 11) is 0. The maximum atomic E-state index is 12.0. The standard InChI is InChI=1S/C18H12O6/c19-12-5-1-10(2-6-12)9-14-16(21)15(17(22)18(23)24-14)11-3-7-13(20)8-4-11/h1-9,19-21H. The molecular formula is C18H12O6. The minimum Gasteiger partial charge on any atom is -0.508 e. The number of carbonyl (C=O) groups excluding carboxylic acids is 2. The summed E-state index contributed by atoms with van der Waals surface area (Å²) in [6, 6.07) is 11.5. The molecule has 0 amide bonds. The van der Waals surface area contributed by atoms with Crippen LogP contribution in [0.4, 0.5) is 0 Å². The largest absolute Gasteiger partial charge is 0.508 e. The number of ketones is 1.